The summed E-state index contributed by atoms with van der Waals surface area (Å²) in [5.41, 5.74) is 1.06. The maximum atomic E-state index is 13.1. The summed E-state index contributed by atoms with van der Waals surface area (Å²) in [6, 6.07) is 14.5. The number of hydrogen-bond donors (Lipinski definition) is 0. The normalized spacial score (nSPS) is 22.1. The molecule has 8 heteroatoms. The molecule has 0 radical (unpaired) electrons. The third-order valence-corrected chi connectivity index (χ3v) is 6.63. The van der Waals surface area contributed by atoms with E-state index in [1.807, 2.05) is 25.1 Å². The molecule has 34 heavy (non-hydrogen) atoms. The zero-order chi connectivity index (χ0) is 24.1. The molecular weight excluding hydrogens is 444 g/mol. The van der Waals surface area contributed by atoms with Crippen LogP contribution in [0.2, 0.25) is 0 Å². The van der Waals surface area contributed by atoms with Gasteiger partial charge in [0.05, 0.1) is 24.9 Å². The average Bonchev–Trinajstić information content (AvgIpc) is 2.84. The van der Waals surface area contributed by atoms with Crippen molar-refractivity contribution < 1.29 is 32.5 Å². The van der Waals surface area contributed by atoms with Gasteiger partial charge in [-0.3, -0.25) is 4.79 Å². The molecule has 6 nitrogen and oxygen atoms in total. The Morgan fingerprint density at radius 1 is 1.15 bits per heavy atom. The van der Waals surface area contributed by atoms with E-state index in [9.17, 15) is 13.6 Å². The van der Waals surface area contributed by atoms with E-state index in [4.69, 9.17) is 14.2 Å². The maximum Gasteiger partial charge on any atom is 0.387 e. The highest BCUT2D eigenvalue weighted by Crippen LogP contribution is 2.44. The number of benzene rings is 2. The van der Waals surface area contributed by atoms with Crippen LogP contribution in [0.5, 0.6) is 11.5 Å². The van der Waals surface area contributed by atoms with Gasteiger partial charge in [0.25, 0.3) is 5.91 Å². The molecule has 0 saturated carbocycles. The molecule has 0 aromatic heterocycles. The van der Waals surface area contributed by atoms with Crippen LogP contribution in [0.15, 0.2) is 48.5 Å². The van der Waals surface area contributed by atoms with E-state index in [2.05, 4.69) is 16.9 Å². The van der Waals surface area contributed by atoms with Gasteiger partial charge in [-0.2, -0.15) is 8.78 Å². The fourth-order valence-corrected chi connectivity index (χ4v) is 4.99. The summed E-state index contributed by atoms with van der Waals surface area (Å²) >= 11 is 0. The van der Waals surface area contributed by atoms with Gasteiger partial charge in [0, 0.05) is 38.1 Å². The van der Waals surface area contributed by atoms with Gasteiger partial charge in [-0.05, 0) is 43.5 Å². The summed E-state index contributed by atoms with van der Waals surface area (Å²) in [5, 5.41) is 0. The van der Waals surface area contributed by atoms with E-state index in [0.717, 1.165) is 18.4 Å². The average molecular weight is 476 g/mol. The molecule has 2 atom stereocenters. The van der Waals surface area contributed by atoms with Crippen LogP contribution in [-0.4, -0.2) is 55.9 Å². The molecule has 1 amide bonds. The molecule has 2 saturated heterocycles. The Balaban J connectivity index is 1.46. The van der Waals surface area contributed by atoms with Crippen LogP contribution >= 0.6 is 0 Å². The summed E-state index contributed by atoms with van der Waals surface area (Å²) in [6.07, 6.45) is 3.01. The number of carbonyl (C=O) groups is 1. The molecule has 2 aliphatic rings. The molecule has 184 valence electrons. The van der Waals surface area contributed by atoms with Crippen molar-refractivity contribution in [2.75, 3.05) is 26.8 Å². The SMILES string of the molecule is CCO[C@H]1C[C@@H](c2ccccc2)OC2(CCN(C(=O)c3ccc(OC)c(OC(F)F)c3)CC2)C1. The van der Waals surface area contributed by atoms with Gasteiger partial charge in [-0.1, -0.05) is 30.3 Å². The Morgan fingerprint density at radius 2 is 1.88 bits per heavy atom. The molecule has 2 aromatic carbocycles. The van der Waals surface area contributed by atoms with Gasteiger partial charge in [-0.25, -0.2) is 0 Å². The lowest BCUT2D eigenvalue weighted by atomic mass is 9.80. The smallest absolute Gasteiger partial charge is 0.387 e. The fourth-order valence-electron chi connectivity index (χ4n) is 4.99. The van der Waals surface area contributed by atoms with Crippen LogP contribution in [0.1, 0.15) is 54.6 Å². The number of nitrogens with zero attached hydrogens (tertiary/aromatic N) is 1. The second kappa shape index (κ2) is 10.7. The molecule has 0 bridgehead atoms. The predicted molar refractivity (Wildman–Crippen MR) is 122 cm³/mol. The van der Waals surface area contributed by atoms with Crippen molar-refractivity contribution in [2.45, 2.75) is 57.0 Å². The number of ether oxygens (including phenoxy) is 4. The Kier molecular flexibility index (Phi) is 7.68. The minimum atomic E-state index is -3.01. The van der Waals surface area contributed by atoms with Crippen molar-refractivity contribution in [2.24, 2.45) is 0 Å². The zero-order valence-electron chi connectivity index (χ0n) is 19.5. The first-order chi connectivity index (χ1) is 16.4. The topological polar surface area (TPSA) is 57.2 Å². The summed E-state index contributed by atoms with van der Waals surface area (Å²) < 4.78 is 47.8. The molecule has 2 fully saturated rings. The number of amides is 1. The second-order valence-electron chi connectivity index (χ2n) is 8.75. The number of rotatable bonds is 7. The minimum Gasteiger partial charge on any atom is -0.493 e. The Labute approximate surface area is 198 Å². The van der Waals surface area contributed by atoms with Gasteiger partial charge >= 0.3 is 6.61 Å². The Bertz CT molecular complexity index is 963. The van der Waals surface area contributed by atoms with Crippen molar-refractivity contribution in [1.82, 2.24) is 4.90 Å². The number of hydrogen-bond acceptors (Lipinski definition) is 5. The molecule has 0 aliphatic carbocycles. The lowest BCUT2D eigenvalue weighted by Gasteiger charge is -2.48. The first-order valence-corrected chi connectivity index (χ1v) is 11.7. The zero-order valence-corrected chi connectivity index (χ0v) is 19.5. The predicted octanol–water partition coefficient (Wildman–Crippen LogP) is 5.23. The summed E-state index contributed by atoms with van der Waals surface area (Å²) in [5.74, 6) is -0.231. The van der Waals surface area contributed by atoms with E-state index < -0.39 is 6.61 Å². The number of carbonyl (C=O) groups excluding carboxylic acids is 1. The van der Waals surface area contributed by atoms with Gasteiger partial charge in [0.2, 0.25) is 0 Å². The highest BCUT2D eigenvalue weighted by molar-refractivity contribution is 5.95. The molecular formula is C26H31F2NO5. The van der Waals surface area contributed by atoms with E-state index in [1.54, 1.807) is 11.0 Å². The Morgan fingerprint density at radius 3 is 2.53 bits per heavy atom. The highest BCUT2D eigenvalue weighted by atomic mass is 19.3. The van der Waals surface area contributed by atoms with E-state index >= 15 is 0 Å². The lowest BCUT2D eigenvalue weighted by Crippen LogP contribution is -2.52. The number of halogens is 2. The molecule has 4 rings (SSSR count). The van der Waals surface area contributed by atoms with Gasteiger partial charge < -0.3 is 23.8 Å². The molecule has 2 aromatic rings. The monoisotopic (exact) mass is 475 g/mol. The summed E-state index contributed by atoms with van der Waals surface area (Å²) in [4.78, 5) is 14.9. The fraction of sp³-hybridized carbons (Fsp3) is 0.500. The van der Waals surface area contributed by atoms with E-state index in [-0.39, 0.29) is 40.8 Å². The van der Waals surface area contributed by atoms with Crippen molar-refractivity contribution in [3.05, 3.63) is 59.7 Å². The highest BCUT2D eigenvalue weighted by Gasteiger charge is 2.45. The van der Waals surface area contributed by atoms with Crippen LogP contribution < -0.4 is 9.47 Å². The first-order valence-electron chi connectivity index (χ1n) is 11.7. The van der Waals surface area contributed by atoms with Crippen molar-refractivity contribution in [3.63, 3.8) is 0 Å². The van der Waals surface area contributed by atoms with Crippen molar-refractivity contribution >= 4 is 5.91 Å². The standard InChI is InChI=1S/C26H31F2NO5/c1-3-32-20-16-22(18-7-5-4-6-8-18)34-26(17-20)11-13-29(14-12-26)24(30)19-9-10-21(31-2)23(15-19)33-25(27)28/h4-10,15,20,22,25H,3,11-14,16-17H2,1-2H3/t20-,22-/m0/s1. The number of likely N-dealkylation sites (tertiary alicyclic amines) is 1. The summed E-state index contributed by atoms with van der Waals surface area (Å²) in [6.45, 7) is 0.662. The second-order valence-corrected chi connectivity index (χ2v) is 8.75. The van der Waals surface area contributed by atoms with E-state index in [0.29, 0.717) is 32.5 Å². The quantitative estimate of drug-likeness (QED) is 0.549. The third-order valence-electron chi connectivity index (χ3n) is 6.63. The van der Waals surface area contributed by atoms with Crippen LogP contribution in [0.25, 0.3) is 0 Å². The molecule has 0 unspecified atom stereocenters. The Hall–Kier alpha value is -2.71. The van der Waals surface area contributed by atoms with Gasteiger partial charge in [0.15, 0.2) is 11.5 Å². The van der Waals surface area contributed by atoms with Crippen LogP contribution in [0.3, 0.4) is 0 Å². The maximum absolute atomic E-state index is 13.1. The first kappa shape index (κ1) is 24.4. The van der Waals surface area contributed by atoms with Gasteiger partial charge in [-0.15, -0.1) is 0 Å². The van der Waals surface area contributed by atoms with Crippen molar-refractivity contribution in [1.29, 1.82) is 0 Å². The van der Waals surface area contributed by atoms with Gasteiger partial charge in [0.1, 0.15) is 0 Å². The molecule has 2 heterocycles. The number of methoxy groups -OCH3 is 1. The van der Waals surface area contributed by atoms with Crippen molar-refractivity contribution in [3.8, 4) is 11.5 Å². The van der Waals surface area contributed by atoms with Crippen LogP contribution in [0.4, 0.5) is 8.78 Å². The minimum absolute atomic E-state index is 0.0515. The molecule has 2 aliphatic heterocycles. The van der Waals surface area contributed by atoms with E-state index in [1.165, 1.54) is 19.2 Å². The number of alkyl halides is 2. The summed E-state index contributed by atoms with van der Waals surface area (Å²) in [7, 11) is 1.36. The lowest BCUT2D eigenvalue weighted by molar-refractivity contribution is -0.190. The largest absolute Gasteiger partial charge is 0.493 e. The molecule has 1 spiro atoms. The number of piperidine rings is 1. The molecule has 0 N–H and O–H groups in total. The third kappa shape index (κ3) is 5.50. The van der Waals surface area contributed by atoms with Crippen LogP contribution in [-0.2, 0) is 9.47 Å². The van der Waals surface area contributed by atoms with Crippen LogP contribution in [0, 0.1) is 0 Å².